The zero-order valence-corrected chi connectivity index (χ0v) is 12.1. The predicted molar refractivity (Wildman–Crippen MR) is 87.8 cm³/mol. The summed E-state index contributed by atoms with van der Waals surface area (Å²) in [5, 5.41) is 6.07. The maximum atomic E-state index is 5.88. The van der Waals surface area contributed by atoms with Crippen molar-refractivity contribution in [3.8, 4) is 5.75 Å². The lowest BCUT2D eigenvalue weighted by atomic mass is 10.1. The van der Waals surface area contributed by atoms with Gasteiger partial charge in [0.25, 0.3) is 0 Å². The molecular weight excluding hydrogens is 286 g/mol. The SMILES string of the molecule is COc1ccc(/C=N\NC(N)=S)c2c1oc1ccccc12. The van der Waals surface area contributed by atoms with Crippen LogP contribution in [0.5, 0.6) is 5.75 Å². The van der Waals surface area contributed by atoms with Crippen LogP contribution in [0.3, 0.4) is 0 Å². The zero-order chi connectivity index (χ0) is 14.8. The van der Waals surface area contributed by atoms with Crippen molar-refractivity contribution < 1.29 is 9.15 Å². The summed E-state index contributed by atoms with van der Waals surface area (Å²) < 4.78 is 11.2. The highest BCUT2D eigenvalue weighted by molar-refractivity contribution is 7.80. The van der Waals surface area contributed by atoms with Crippen LogP contribution in [0.15, 0.2) is 45.9 Å². The Bertz CT molecular complexity index is 855. The second-order valence-electron chi connectivity index (χ2n) is 4.39. The molecule has 0 saturated heterocycles. The molecule has 0 aliphatic rings. The first-order valence-electron chi connectivity index (χ1n) is 6.27. The van der Waals surface area contributed by atoms with E-state index in [2.05, 4.69) is 10.5 Å². The van der Waals surface area contributed by atoms with E-state index in [1.807, 2.05) is 36.4 Å². The van der Waals surface area contributed by atoms with Gasteiger partial charge in [0.2, 0.25) is 0 Å². The highest BCUT2D eigenvalue weighted by atomic mass is 32.1. The number of para-hydroxylation sites is 1. The highest BCUT2D eigenvalue weighted by Crippen LogP contribution is 2.36. The van der Waals surface area contributed by atoms with Gasteiger partial charge in [-0.2, -0.15) is 5.10 Å². The van der Waals surface area contributed by atoms with Crippen molar-refractivity contribution >= 4 is 45.5 Å². The van der Waals surface area contributed by atoms with E-state index in [0.717, 1.165) is 21.9 Å². The number of hydrazone groups is 1. The van der Waals surface area contributed by atoms with E-state index in [4.69, 9.17) is 27.1 Å². The average Bonchev–Trinajstić information content (AvgIpc) is 2.86. The van der Waals surface area contributed by atoms with Gasteiger partial charge in [-0.15, -0.1) is 0 Å². The Labute approximate surface area is 126 Å². The Morgan fingerprint density at radius 3 is 2.90 bits per heavy atom. The number of nitrogens with two attached hydrogens (primary N) is 1. The van der Waals surface area contributed by atoms with Crippen LogP contribution >= 0.6 is 12.2 Å². The summed E-state index contributed by atoms with van der Waals surface area (Å²) in [6.45, 7) is 0. The number of hydrogen-bond donors (Lipinski definition) is 2. The normalized spacial score (nSPS) is 11.3. The Hall–Kier alpha value is -2.60. The molecule has 0 aliphatic heterocycles. The highest BCUT2D eigenvalue weighted by Gasteiger charge is 2.14. The minimum Gasteiger partial charge on any atom is -0.493 e. The number of benzene rings is 2. The molecule has 106 valence electrons. The van der Waals surface area contributed by atoms with Gasteiger partial charge in [0.15, 0.2) is 16.4 Å². The average molecular weight is 299 g/mol. The number of hydrogen-bond acceptors (Lipinski definition) is 4. The molecule has 3 rings (SSSR count). The minimum absolute atomic E-state index is 0.119. The summed E-state index contributed by atoms with van der Waals surface area (Å²) >= 11 is 4.72. The lowest BCUT2D eigenvalue weighted by molar-refractivity contribution is 0.412. The summed E-state index contributed by atoms with van der Waals surface area (Å²) in [7, 11) is 1.62. The monoisotopic (exact) mass is 299 g/mol. The third-order valence-corrected chi connectivity index (χ3v) is 3.21. The van der Waals surface area contributed by atoms with Gasteiger partial charge in [-0.1, -0.05) is 18.2 Å². The van der Waals surface area contributed by atoms with Crippen LogP contribution in [0.2, 0.25) is 0 Å². The smallest absolute Gasteiger partial charge is 0.184 e. The summed E-state index contributed by atoms with van der Waals surface area (Å²) in [5.41, 5.74) is 10.3. The van der Waals surface area contributed by atoms with Gasteiger partial charge >= 0.3 is 0 Å². The molecular formula is C15H13N3O2S. The number of nitrogens with one attached hydrogen (secondary N) is 1. The number of thiocarbonyl (C=S) groups is 1. The van der Waals surface area contributed by atoms with E-state index >= 15 is 0 Å². The van der Waals surface area contributed by atoms with Gasteiger partial charge in [-0.25, -0.2) is 0 Å². The van der Waals surface area contributed by atoms with Crippen LogP contribution in [0, 0.1) is 0 Å². The molecule has 6 heteroatoms. The molecule has 5 nitrogen and oxygen atoms in total. The standard InChI is InChI=1S/C15H13N3O2S/c1-19-12-7-6-9(8-17-18-15(16)21)13-10-4-2-3-5-11(10)20-14(12)13/h2-8H,1H3,(H3,16,18,21)/b17-8-. The van der Waals surface area contributed by atoms with E-state index in [1.165, 1.54) is 0 Å². The molecule has 0 spiro atoms. The second-order valence-corrected chi connectivity index (χ2v) is 4.83. The van der Waals surface area contributed by atoms with Crippen molar-refractivity contribution in [1.29, 1.82) is 0 Å². The molecule has 0 unspecified atom stereocenters. The largest absolute Gasteiger partial charge is 0.493 e. The van der Waals surface area contributed by atoms with E-state index in [0.29, 0.717) is 11.3 Å². The summed E-state index contributed by atoms with van der Waals surface area (Å²) in [5.74, 6) is 0.681. The zero-order valence-electron chi connectivity index (χ0n) is 11.3. The topological polar surface area (TPSA) is 72.8 Å². The van der Waals surface area contributed by atoms with Crippen LogP contribution < -0.4 is 15.9 Å². The van der Waals surface area contributed by atoms with Gasteiger partial charge in [0.1, 0.15) is 5.58 Å². The number of methoxy groups -OCH3 is 1. The second kappa shape index (κ2) is 5.41. The molecule has 0 aliphatic carbocycles. The van der Waals surface area contributed by atoms with Crippen molar-refractivity contribution in [3.05, 3.63) is 42.0 Å². The van der Waals surface area contributed by atoms with Gasteiger partial charge in [-0.3, -0.25) is 5.43 Å². The molecule has 3 N–H and O–H groups in total. The number of nitrogens with zero attached hydrogens (tertiary/aromatic N) is 1. The van der Waals surface area contributed by atoms with Crippen molar-refractivity contribution in [3.63, 3.8) is 0 Å². The fourth-order valence-corrected chi connectivity index (χ4v) is 2.32. The maximum Gasteiger partial charge on any atom is 0.184 e. The molecule has 2 aromatic carbocycles. The Kier molecular flexibility index (Phi) is 3.45. The number of furan rings is 1. The van der Waals surface area contributed by atoms with Gasteiger partial charge in [0, 0.05) is 16.3 Å². The molecule has 0 fully saturated rings. The number of rotatable bonds is 3. The van der Waals surface area contributed by atoms with Gasteiger partial charge in [0.05, 0.1) is 13.3 Å². The Morgan fingerprint density at radius 1 is 1.33 bits per heavy atom. The Morgan fingerprint density at radius 2 is 2.14 bits per heavy atom. The van der Waals surface area contributed by atoms with Crippen LogP contribution in [-0.2, 0) is 0 Å². The third kappa shape index (κ3) is 2.41. The van der Waals surface area contributed by atoms with Crippen molar-refractivity contribution in [2.75, 3.05) is 7.11 Å². The molecule has 1 heterocycles. The van der Waals surface area contributed by atoms with Crippen LogP contribution in [0.4, 0.5) is 0 Å². The first-order chi connectivity index (χ1) is 10.2. The number of fused-ring (bicyclic) bond motifs is 3. The quantitative estimate of drug-likeness (QED) is 0.442. The summed E-state index contributed by atoms with van der Waals surface area (Å²) in [6.07, 6.45) is 1.66. The van der Waals surface area contributed by atoms with Crippen molar-refractivity contribution in [2.24, 2.45) is 10.8 Å². The van der Waals surface area contributed by atoms with E-state index < -0.39 is 0 Å². The molecule has 0 radical (unpaired) electrons. The molecule has 0 amide bonds. The summed E-state index contributed by atoms with van der Waals surface area (Å²) in [4.78, 5) is 0. The van der Waals surface area contributed by atoms with Crippen LogP contribution in [-0.4, -0.2) is 18.4 Å². The van der Waals surface area contributed by atoms with Gasteiger partial charge in [-0.05, 0) is 30.4 Å². The first kappa shape index (κ1) is 13.4. The van der Waals surface area contributed by atoms with Crippen molar-refractivity contribution in [1.82, 2.24) is 5.43 Å². The molecule has 0 bridgehead atoms. The predicted octanol–water partition coefficient (Wildman–Crippen LogP) is 2.76. The minimum atomic E-state index is 0.119. The maximum absolute atomic E-state index is 5.88. The summed E-state index contributed by atoms with van der Waals surface area (Å²) in [6, 6.07) is 11.6. The van der Waals surface area contributed by atoms with E-state index in [-0.39, 0.29) is 5.11 Å². The fourth-order valence-electron chi connectivity index (χ4n) is 2.26. The molecule has 21 heavy (non-hydrogen) atoms. The van der Waals surface area contributed by atoms with Crippen LogP contribution in [0.1, 0.15) is 5.56 Å². The van der Waals surface area contributed by atoms with Crippen LogP contribution in [0.25, 0.3) is 21.9 Å². The number of ether oxygens (including phenoxy) is 1. The molecule has 0 saturated carbocycles. The molecule has 0 atom stereocenters. The Balaban J connectivity index is 2.25. The lowest BCUT2D eigenvalue weighted by Gasteiger charge is -2.03. The first-order valence-corrected chi connectivity index (χ1v) is 6.68. The van der Waals surface area contributed by atoms with Crippen molar-refractivity contribution in [2.45, 2.75) is 0 Å². The fraction of sp³-hybridized carbons (Fsp3) is 0.0667. The lowest BCUT2D eigenvalue weighted by Crippen LogP contribution is -2.23. The van der Waals surface area contributed by atoms with E-state index in [9.17, 15) is 0 Å². The van der Waals surface area contributed by atoms with E-state index in [1.54, 1.807) is 13.3 Å². The molecule has 1 aromatic heterocycles. The molecule has 3 aromatic rings. The van der Waals surface area contributed by atoms with Gasteiger partial charge < -0.3 is 14.9 Å². The third-order valence-electron chi connectivity index (χ3n) is 3.12.